The fourth-order valence-corrected chi connectivity index (χ4v) is 7.32. The van der Waals surface area contributed by atoms with Gasteiger partial charge in [-0.15, -0.1) is 0 Å². The third-order valence-corrected chi connectivity index (χ3v) is 9.19. The summed E-state index contributed by atoms with van der Waals surface area (Å²) in [5, 5.41) is 0. The molecule has 36 heavy (non-hydrogen) atoms. The van der Waals surface area contributed by atoms with Crippen LogP contribution in [-0.2, 0) is 19.1 Å². The van der Waals surface area contributed by atoms with Crippen LogP contribution < -0.4 is 4.90 Å². The molecule has 0 atom stereocenters. The number of benzene rings is 1. The predicted molar refractivity (Wildman–Crippen MR) is 147 cm³/mol. The van der Waals surface area contributed by atoms with Crippen LogP contribution in [-0.4, -0.2) is 47.5 Å². The Morgan fingerprint density at radius 2 is 1.64 bits per heavy atom. The molecule has 0 N–H and O–H groups in total. The molecule has 0 unspecified atom stereocenters. The second kappa shape index (κ2) is 9.84. The average molecular weight is 541 g/mol. The molecule has 186 valence electrons. The molecule has 7 nitrogen and oxygen atoms in total. The number of methoxy groups -OCH3 is 2. The lowest BCUT2D eigenvalue weighted by Crippen LogP contribution is -2.56. The summed E-state index contributed by atoms with van der Waals surface area (Å²) in [4.78, 5) is 45.5. The molecule has 2 aromatic rings. The van der Waals surface area contributed by atoms with E-state index < -0.39 is 17.5 Å². The van der Waals surface area contributed by atoms with Gasteiger partial charge in [-0.05, 0) is 51.5 Å². The summed E-state index contributed by atoms with van der Waals surface area (Å²) in [5.41, 5.74) is 3.63. The number of thiocarbonyl (C=S) groups is 1. The Bertz CT molecular complexity index is 1350. The van der Waals surface area contributed by atoms with Crippen LogP contribution in [0.4, 0.5) is 5.69 Å². The van der Waals surface area contributed by atoms with Crippen molar-refractivity contribution in [2.24, 2.45) is 0 Å². The molecule has 0 radical (unpaired) electrons. The quantitative estimate of drug-likeness (QED) is 0.296. The number of aromatic nitrogens is 1. The van der Waals surface area contributed by atoms with E-state index in [0.29, 0.717) is 20.2 Å². The highest BCUT2D eigenvalue weighted by Crippen LogP contribution is 2.56. The van der Waals surface area contributed by atoms with E-state index in [9.17, 15) is 14.4 Å². The van der Waals surface area contributed by atoms with E-state index in [0.717, 1.165) is 45.9 Å². The molecule has 2 aliphatic rings. The number of carbonyl (C=O) groups excluding carboxylic acids is 3. The number of aryl methyl sites for hydroxylation is 2. The number of carbonyl (C=O) groups is 3. The van der Waals surface area contributed by atoms with Gasteiger partial charge in [-0.3, -0.25) is 14.7 Å². The number of thioether (sulfide) groups is 2. The van der Waals surface area contributed by atoms with Gasteiger partial charge in [-0.2, -0.15) is 0 Å². The number of esters is 2. The Kier molecular flexibility index (Phi) is 7.14. The Morgan fingerprint density at radius 1 is 1.03 bits per heavy atom. The highest BCUT2D eigenvalue weighted by Gasteiger charge is 2.47. The van der Waals surface area contributed by atoms with Crippen molar-refractivity contribution in [1.29, 1.82) is 0 Å². The van der Waals surface area contributed by atoms with Crippen LogP contribution in [0.1, 0.15) is 40.9 Å². The van der Waals surface area contributed by atoms with E-state index in [-0.39, 0.29) is 15.7 Å². The molecule has 0 spiro atoms. The van der Waals surface area contributed by atoms with E-state index in [1.165, 1.54) is 20.4 Å². The summed E-state index contributed by atoms with van der Waals surface area (Å²) in [5.74, 6) is -1.47. The lowest BCUT2D eigenvalue weighted by Gasteiger charge is -2.46. The Labute approximate surface area is 223 Å². The van der Waals surface area contributed by atoms with Crippen molar-refractivity contribution in [1.82, 2.24) is 4.98 Å². The molecule has 0 saturated heterocycles. The summed E-state index contributed by atoms with van der Waals surface area (Å²) < 4.78 is 10.5. The van der Waals surface area contributed by atoms with Gasteiger partial charge in [0.15, 0.2) is 0 Å². The molecule has 3 heterocycles. The number of anilines is 1. The lowest BCUT2D eigenvalue weighted by atomic mass is 9.81. The number of rotatable bonds is 3. The fraction of sp³-hybridized carbons (Fsp3) is 0.269. The van der Waals surface area contributed by atoms with Crippen LogP contribution >= 0.6 is 35.7 Å². The third-order valence-electron chi connectivity index (χ3n) is 5.93. The summed E-state index contributed by atoms with van der Waals surface area (Å²) in [6.45, 7) is 7.71. The monoisotopic (exact) mass is 540 g/mol. The van der Waals surface area contributed by atoms with Gasteiger partial charge in [0, 0.05) is 23.5 Å². The number of ether oxygens (including phenoxy) is 2. The minimum absolute atomic E-state index is 0.150. The summed E-state index contributed by atoms with van der Waals surface area (Å²) in [6.07, 6.45) is 3.16. The topological polar surface area (TPSA) is 85.8 Å². The predicted octanol–water partition coefficient (Wildman–Crippen LogP) is 5.21. The zero-order valence-electron chi connectivity index (χ0n) is 20.6. The lowest BCUT2D eigenvalue weighted by molar-refractivity contribution is -0.138. The first kappa shape index (κ1) is 26.1. The van der Waals surface area contributed by atoms with Gasteiger partial charge in [-0.1, -0.05) is 47.4 Å². The number of fused-ring (bicyclic) bond motifs is 1. The van der Waals surface area contributed by atoms with Gasteiger partial charge in [-0.25, -0.2) is 9.59 Å². The average Bonchev–Trinajstić information content (AvgIpc) is 3.29. The van der Waals surface area contributed by atoms with E-state index >= 15 is 0 Å². The standard InChI is InChI=1S/C26H24N2O5S3/c1-13-10-14(2)18-16(11-13)17(25-35-19(23(30)32-5)20(36-25)24(31)33-6)21(34)26(3,4)28(18)22(29)15-8-7-9-27-12-15/h7-12H,1-6H3. The van der Waals surface area contributed by atoms with Crippen LogP contribution in [0, 0.1) is 13.8 Å². The maximum atomic E-state index is 13.8. The number of nitrogens with zero attached hydrogens (tertiary/aromatic N) is 2. The second-order valence-electron chi connectivity index (χ2n) is 8.76. The molecule has 4 rings (SSSR count). The number of hydrogen-bond donors (Lipinski definition) is 0. The fourth-order valence-electron chi connectivity index (χ4n) is 4.29. The second-order valence-corrected chi connectivity index (χ2v) is 11.5. The Hall–Kier alpha value is -2.95. The number of amides is 1. The summed E-state index contributed by atoms with van der Waals surface area (Å²) >= 11 is 8.30. The first-order chi connectivity index (χ1) is 17.0. The highest BCUT2D eigenvalue weighted by atomic mass is 32.2. The van der Waals surface area contributed by atoms with Gasteiger partial charge in [0.1, 0.15) is 9.81 Å². The molecule has 1 aromatic heterocycles. The minimum atomic E-state index is -0.905. The van der Waals surface area contributed by atoms with E-state index in [1.807, 2.05) is 39.8 Å². The largest absolute Gasteiger partial charge is 0.465 e. The van der Waals surface area contributed by atoms with Gasteiger partial charge < -0.3 is 9.47 Å². The normalized spacial score (nSPS) is 16.7. The van der Waals surface area contributed by atoms with E-state index in [1.54, 1.807) is 23.2 Å². The molecule has 0 fully saturated rings. The minimum Gasteiger partial charge on any atom is -0.465 e. The van der Waals surface area contributed by atoms with Crippen LogP contribution in [0.2, 0.25) is 0 Å². The van der Waals surface area contributed by atoms with Crippen LogP contribution in [0.25, 0.3) is 5.57 Å². The van der Waals surface area contributed by atoms with Gasteiger partial charge in [0.05, 0.1) is 40.1 Å². The highest BCUT2D eigenvalue weighted by molar-refractivity contribution is 8.29. The van der Waals surface area contributed by atoms with E-state index in [4.69, 9.17) is 21.7 Å². The molecule has 2 aliphatic heterocycles. The smallest absolute Gasteiger partial charge is 0.346 e. The van der Waals surface area contributed by atoms with Crippen LogP contribution in [0.5, 0.6) is 0 Å². The molecular weight excluding hydrogens is 516 g/mol. The zero-order chi connectivity index (χ0) is 26.4. The third kappa shape index (κ3) is 4.27. The first-order valence-electron chi connectivity index (χ1n) is 10.9. The molecule has 0 saturated carbocycles. The number of hydrogen-bond acceptors (Lipinski definition) is 9. The molecule has 0 bridgehead atoms. The molecule has 0 aliphatic carbocycles. The SMILES string of the molecule is COC(=O)C1=C(C(=O)OC)SC(=C2C(=S)C(C)(C)N(C(=O)c3cccnc3)c3c(C)cc(C)cc32)S1. The zero-order valence-corrected chi connectivity index (χ0v) is 23.1. The van der Waals surface area contributed by atoms with Gasteiger partial charge in [0.25, 0.3) is 5.91 Å². The molecule has 10 heteroatoms. The van der Waals surface area contributed by atoms with E-state index in [2.05, 4.69) is 4.98 Å². The van der Waals surface area contributed by atoms with Crippen molar-refractivity contribution >= 4 is 69.7 Å². The maximum absolute atomic E-state index is 13.8. The number of pyridine rings is 1. The van der Waals surface area contributed by atoms with Gasteiger partial charge >= 0.3 is 11.9 Å². The van der Waals surface area contributed by atoms with Crippen molar-refractivity contribution in [3.63, 3.8) is 0 Å². The molecular formula is C26H24N2O5S3. The molecule has 1 amide bonds. The van der Waals surface area contributed by atoms with Crippen molar-refractivity contribution in [2.75, 3.05) is 19.1 Å². The summed E-state index contributed by atoms with van der Waals surface area (Å²) in [6, 6.07) is 7.44. The molecule has 1 aromatic carbocycles. The Morgan fingerprint density at radius 3 is 2.17 bits per heavy atom. The van der Waals surface area contributed by atoms with Crippen LogP contribution in [0.15, 0.2) is 50.7 Å². The van der Waals surface area contributed by atoms with Crippen molar-refractivity contribution in [3.05, 3.63) is 73.0 Å². The summed E-state index contributed by atoms with van der Waals surface area (Å²) in [7, 11) is 2.53. The van der Waals surface area contributed by atoms with Gasteiger partial charge in [0.2, 0.25) is 0 Å². The Balaban J connectivity index is 1.97. The van der Waals surface area contributed by atoms with Crippen molar-refractivity contribution in [3.8, 4) is 0 Å². The van der Waals surface area contributed by atoms with Crippen molar-refractivity contribution < 1.29 is 23.9 Å². The van der Waals surface area contributed by atoms with Crippen molar-refractivity contribution in [2.45, 2.75) is 33.2 Å². The maximum Gasteiger partial charge on any atom is 0.346 e. The van der Waals surface area contributed by atoms with Crippen LogP contribution in [0.3, 0.4) is 0 Å². The first-order valence-corrected chi connectivity index (χ1v) is 13.0.